The average molecular weight is 242 g/mol. The first-order valence-electron chi connectivity index (χ1n) is 7.20. The van der Waals surface area contributed by atoms with Crippen molar-refractivity contribution in [2.45, 2.75) is 52.1 Å². The maximum atomic E-state index is 5.43. The molecule has 0 bridgehead atoms. The molecule has 2 unspecified atom stereocenters. The molecule has 1 N–H and O–H groups in total. The monoisotopic (exact) mass is 242 g/mol. The van der Waals surface area contributed by atoms with Crippen LogP contribution >= 0.6 is 0 Å². The zero-order chi connectivity index (χ0) is 12.7. The summed E-state index contributed by atoms with van der Waals surface area (Å²) in [6, 6.07) is 1.34. The van der Waals surface area contributed by atoms with Gasteiger partial charge in [-0.1, -0.05) is 27.2 Å². The fraction of sp³-hybridized carbons (Fsp3) is 1.00. The van der Waals surface area contributed by atoms with Crippen molar-refractivity contribution in [3.63, 3.8) is 0 Å². The van der Waals surface area contributed by atoms with Gasteiger partial charge in [0.05, 0.1) is 0 Å². The predicted octanol–water partition coefficient (Wildman–Crippen LogP) is 2.12. The summed E-state index contributed by atoms with van der Waals surface area (Å²) in [6.45, 7) is 10.9. The van der Waals surface area contributed by atoms with Crippen molar-refractivity contribution in [1.29, 1.82) is 0 Å². The quantitative estimate of drug-likeness (QED) is 0.740. The standard InChI is InChI=1S/C14H30N2O/c1-5-12(3)14(15-6-2)11-16(4)13-7-9-17-10-8-13/h12-15H,5-11H2,1-4H3. The minimum Gasteiger partial charge on any atom is -0.381 e. The van der Waals surface area contributed by atoms with E-state index in [0.29, 0.717) is 12.1 Å². The van der Waals surface area contributed by atoms with Crippen molar-refractivity contribution in [2.75, 3.05) is 33.4 Å². The largest absolute Gasteiger partial charge is 0.381 e. The Morgan fingerprint density at radius 2 is 1.94 bits per heavy atom. The molecule has 0 saturated carbocycles. The van der Waals surface area contributed by atoms with Crippen molar-refractivity contribution in [3.05, 3.63) is 0 Å². The van der Waals surface area contributed by atoms with Crippen LogP contribution in [-0.4, -0.2) is 50.3 Å². The third-order valence-corrected chi connectivity index (χ3v) is 4.10. The molecule has 3 heteroatoms. The summed E-state index contributed by atoms with van der Waals surface area (Å²) in [4.78, 5) is 2.53. The summed E-state index contributed by atoms with van der Waals surface area (Å²) in [7, 11) is 2.27. The Bertz CT molecular complexity index is 193. The first-order valence-corrected chi connectivity index (χ1v) is 7.20. The SMILES string of the molecule is CCNC(CN(C)C1CCOCC1)C(C)CC. The van der Waals surface area contributed by atoms with Gasteiger partial charge in [0.25, 0.3) is 0 Å². The van der Waals surface area contributed by atoms with Gasteiger partial charge in [-0.3, -0.25) is 0 Å². The second-order valence-corrected chi connectivity index (χ2v) is 5.33. The third kappa shape index (κ3) is 4.94. The number of nitrogens with one attached hydrogen (secondary N) is 1. The van der Waals surface area contributed by atoms with Crippen LogP contribution in [0, 0.1) is 5.92 Å². The summed E-state index contributed by atoms with van der Waals surface area (Å²) in [5, 5.41) is 3.63. The molecule has 2 atom stereocenters. The van der Waals surface area contributed by atoms with Gasteiger partial charge in [-0.05, 0) is 32.4 Å². The lowest BCUT2D eigenvalue weighted by molar-refractivity contribution is 0.0381. The van der Waals surface area contributed by atoms with E-state index in [4.69, 9.17) is 4.74 Å². The first-order chi connectivity index (χ1) is 8.19. The number of likely N-dealkylation sites (N-methyl/N-ethyl adjacent to an activating group) is 2. The van der Waals surface area contributed by atoms with Gasteiger partial charge in [0.15, 0.2) is 0 Å². The molecule has 1 aliphatic heterocycles. The number of hydrogen-bond donors (Lipinski definition) is 1. The van der Waals surface area contributed by atoms with E-state index in [1.807, 2.05) is 0 Å². The predicted molar refractivity (Wildman–Crippen MR) is 73.4 cm³/mol. The third-order valence-electron chi connectivity index (χ3n) is 4.10. The smallest absolute Gasteiger partial charge is 0.0480 e. The van der Waals surface area contributed by atoms with Gasteiger partial charge in [0.2, 0.25) is 0 Å². The van der Waals surface area contributed by atoms with E-state index < -0.39 is 0 Å². The maximum absolute atomic E-state index is 5.43. The van der Waals surface area contributed by atoms with Crippen LogP contribution in [0.1, 0.15) is 40.0 Å². The Morgan fingerprint density at radius 1 is 1.29 bits per heavy atom. The molecular formula is C14H30N2O. The molecule has 1 fully saturated rings. The number of ether oxygens (including phenoxy) is 1. The van der Waals surface area contributed by atoms with Gasteiger partial charge in [-0.25, -0.2) is 0 Å². The zero-order valence-electron chi connectivity index (χ0n) is 12.0. The molecule has 1 rings (SSSR count). The minimum atomic E-state index is 0.623. The van der Waals surface area contributed by atoms with Gasteiger partial charge in [0.1, 0.15) is 0 Å². The van der Waals surface area contributed by atoms with Gasteiger partial charge < -0.3 is 15.0 Å². The maximum Gasteiger partial charge on any atom is 0.0480 e. The van der Waals surface area contributed by atoms with Crippen molar-refractivity contribution in [1.82, 2.24) is 10.2 Å². The molecule has 0 aromatic carbocycles. The Kier molecular flexibility index (Phi) is 7.09. The molecule has 1 saturated heterocycles. The van der Waals surface area contributed by atoms with Crippen molar-refractivity contribution in [2.24, 2.45) is 5.92 Å². The van der Waals surface area contributed by atoms with Gasteiger partial charge >= 0.3 is 0 Å². The molecule has 17 heavy (non-hydrogen) atoms. The highest BCUT2D eigenvalue weighted by Gasteiger charge is 2.23. The van der Waals surface area contributed by atoms with E-state index in [-0.39, 0.29) is 0 Å². The highest BCUT2D eigenvalue weighted by atomic mass is 16.5. The molecule has 0 spiro atoms. The molecule has 0 amide bonds. The van der Waals surface area contributed by atoms with Crippen LogP contribution in [0.4, 0.5) is 0 Å². The molecule has 1 heterocycles. The summed E-state index contributed by atoms with van der Waals surface area (Å²) in [5.74, 6) is 0.747. The lowest BCUT2D eigenvalue weighted by atomic mass is 9.97. The van der Waals surface area contributed by atoms with Crippen LogP contribution in [0.2, 0.25) is 0 Å². The topological polar surface area (TPSA) is 24.5 Å². The van der Waals surface area contributed by atoms with Crippen molar-refractivity contribution >= 4 is 0 Å². The Hall–Kier alpha value is -0.120. The lowest BCUT2D eigenvalue weighted by Gasteiger charge is -2.35. The molecule has 1 aliphatic rings. The second kappa shape index (κ2) is 8.06. The van der Waals surface area contributed by atoms with E-state index in [1.165, 1.54) is 19.3 Å². The van der Waals surface area contributed by atoms with Crippen LogP contribution in [0.3, 0.4) is 0 Å². The fourth-order valence-electron chi connectivity index (χ4n) is 2.58. The molecule has 0 aliphatic carbocycles. The first kappa shape index (κ1) is 14.9. The number of nitrogens with zero attached hydrogens (tertiary/aromatic N) is 1. The van der Waals surface area contributed by atoms with Crippen LogP contribution in [0.5, 0.6) is 0 Å². The van der Waals surface area contributed by atoms with Crippen molar-refractivity contribution in [3.8, 4) is 0 Å². The van der Waals surface area contributed by atoms with Crippen LogP contribution in [-0.2, 0) is 4.74 Å². The molecule has 102 valence electrons. The summed E-state index contributed by atoms with van der Waals surface area (Å²) in [5.41, 5.74) is 0. The highest BCUT2D eigenvalue weighted by Crippen LogP contribution is 2.15. The Balaban J connectivity index is 2.41. The van der Waals surface area contributed by atoms with Crippen LogP contribution < -0.4 is 5.32 Å². The summed E-state index contributed by atoms with van der Waals surface area (Å²) >= 11 is 0. The Labute approximate surface area is 107 Å². The molecule has 3 nitrogen and oxygen atoms in total. The number of hydrogen-bond acceptors (Lipinski definition) is 3. The number of rotatable bonds is 7. The van der Waals surface area contributed by atoms with Crippen molar-refractivity contribution < 1.29 is 4.74 Å². The Morgan fingerprint density at radius 3 is 2.47 bits per heavy atom. The molecule has 0 aromatic rings. The highest BCUT2D eigenvalue weighted by molar-refractivity contribution is 4.80. The summed E-state index contributed by atoms with van der Waals surface area (Å²) < 4.78 is 5.43. The van der Waals surface area contributed by atoms with E-state index >= 15 is 0 Å². The average Bonchev–Trinajstić information content (AvgIpc) is 2.38. The van der Waals surface area contributed by atoms with E-state index in [9.17, 15) is 0 Å². The molecule has 0 radical (unpaired) electrons. The van der Waals surface area contributed by atoms with E-state index in [2.05, 4.69) is 38.0 Å². The second-order valence-electron chi connectivity index (χ2n) is 5.33. The summed E-state index contributed by atoms with van der Waals surface area (Å²) in [6.07, 6.45) is 3.63. The van der Waals surface area contributed by atoms with Gasteiger partial charge in [-0.2, -0.15) is 0 Å². The fourth-order valence-corrected chi connectivity index (χ4v) is 2.58. The molecular weight excluding hydrogens is 212 g/mol. The van der Waals surface area contributed by atoms with Crippen LogP contribution in [0.25, 0.3) is 0 Å². The van der Waals surface area contributed by atoms with E-state index in [0.717, 1.165) is 32.2 Å². The van der Waals surface area contributed by atoms with Crippen LogP contribution in [0.15, 0.2) is 0 Å². The van der Waals surface area contributed by atoms with Gasteiger partial charge in [0, 0.05) is 31.8 Å². The zero-order valence-corrected chi connectivity index (χ0v) is 12.0. The molecule has 0 aromatic heterocycles. The minimum absolute atomic E-state index is 0.623. The normalized spacial score (nSPS) is 21.7. The lowest BCUT2D eigenvalue weighted by Crippen LogP contribution is -2.47. The van der Waals surface area contributed by atoms with Gasteiger partial charge in [-0.15, -0.1) is 0 Å². The van der Waals surface area contributed by atoms with E-state index in [1.54, 1.807) is 0 Å².